The van der Waals surface area contributed by atoms with Gasteiger partial charge in [0.2, 0.25) is 0 Å². The lowest BCUT2D eigenvalue weighted by molar-refractivity contribution is -0.125. The van der Waals surface area contributed by atoms with Gasteiger partial charge in [-0.2, -0.15) is 0 Å². The number of carbonyl (C=O) groups excluding carboxylic acids is 1. The van der Waals surface area contributed by atoms with E-state index in [-0.39, 0.29) is 5.91 Å². The molecule has 0 spiro atoms. The Kier molecular flexibility index (Phi) is 2.83. The SMILES string of the molecule is CC(C)N(C)c1ccc2c(c1)N(C)C(=O)C2O. The number of nitrogens with zero attached hydrogens (tertiary/aromatic N) is 2. The van der Waals surface area contributed by atoms with Crippen LogP contribution in [0.25, 0.3) is 0 Å². The van der Waals surface area contributed by atoms with Crippen molar-refractivity contribution in [3.05, 3.63) is 23.8 Å². The van der Waals surface area contributed by atoms with Crippen molar-refractivity contribution >= 4 is 17.3 Å². The number of carbonyl (C=O) groups is 1. The maximum Gasteiger partial charge on any atom is 0.260 e. The summed E-state index contributed by atoms with van der Waals surface area (Å²) in [5.74, 6) is -0.260. The number of amides is 1. The minimum atomic E-state index is -1.01. The second kappa shape index (κ2) is 4.04. The molecule has 0 aromatic heterocycles. The molecule has 92 valence electrons. The molecule has 0 saturated carbocycles. The van der Waals surface area contributed by atoms with Crippen LogP contribution in [0.1, 0.15) is 25.5 Å². The molecule has 1 amide bonds. The van der Waals surface area contributed by atoms with Gasteiger partial charge in [-0.05, 0) is 26.0 Å². The quantitative estimate of drug-likeness (QED) is 0.844. The molecule has 0 bridgehead atoms. The van der Waals surface area contributed by atoms with E-state index in [0.29, 0.717) is 11.6 Å². The van der Waals surface area contributed by atoms with Gasteiger partial charge >= 0.3 is 0 Å². The minimum absolute atomic E-state index is 0.260. The average Bonchev–Trinajstić information content (AvgIpc) is 2.53. The molecule has 0 fully saturated rings. The molecule has 1 aliphatic heterocycles. The Bertz CT molecular complexity index is 457. The first-order valence-electron chi connectivity index (χ1n) is 5.76. The second-order valence-electron chi connectivity index (χ2n) is 4.75. The summed E-state index contributed by atoms with van der Waals surface area (Å²) in [5, 5.41) is 9.75. The topological polar surface area (TPSA) is 43.8 Å². The summed E-state index contributed by atoms with van der Waals surface area (Å²) >= 11 is 0. The molecule has 1 heterocycles. The fourth-order valence-electron chi connectivity index (χ4n) is 2.01. The first-order chi connectivity index (χ1) is 7.93. The van der Waals surface area contributed by atoms with Crippen LogP contribution in [0.5, 0.6) is 0 Å². The second-order valence-corrected chi connectivity index (χ2v) is 4.75. The highest BCUT2D eigenvalue weighted by atomic mass is 16.3. The zero-order valence-electron chi connectivity index (χ0n) is 10.6. The molecule has 17 heavy (non-hydrogen) atoms. The van der Waals surface area contributed by atoms with Gasteiger partial charge in [0.25, 0.3) is 5.91 Å². The van der Waals surface area contributed by atoms with Gasteiger partial charge in [-0.3, -0.25) is 4.79 Å². The van der Waals surface area contributed by atoms with E-state index < -0.39 is 6.10 Å². The van der Waals surface area contributed by atoms with Crippen molar-refractivity contribution in [3.63, 3.8) is 0 Å². The highest BCUT2D eigenvalue weighted by molar-refractivity contribution is 6.03. The molecule has 4 nitrogen and oxygen atoms in total. The van der Waals surface area contributed by atoms with Crippen LogP contribution in [-0.2, 0) is 4.79 Å². The van der Waals surface area contributed by atoms with Crippen molar-refractivity contribution in [2.75, 3.05) is 23.9 Å². The molecule has 1 aromatic rings. The van der Waals surface area contributed by atoms with E-state index in [9.17, 15) is 9.90 Å². The van der Waals surface area contributed by atoms with Crippen molar-refractivity contribution in [2.45, 2.75) is 26.0 Å². The van der Waals surface area contributed by atoms with Gasteiger partial charge < -0.3 is 14.9 Å². The van der Waals surface area contributed by atoms with Gasteiger partial charge in [0.15, 0.2) is 6.10 Å². The summed E-state index contributed by atoms with van der Waals surface area (Å²) in [6.45, 7) is 4.22. The number of hydrogen-bond donors (Lipinski definition) is 1. The van der Waals surface area contributed by atoms with Gasteiger partial charge in [-0.1, -0.05) is 6.07 Å². The van der Waals surface area contributed by atoms with Gasteiger partial charge in [0.05, 0.1) is 5.69 Å². The molecule has 1 N–H and O–H groups in total. The Hall–Kier alpha value is -1.55. The molecular weight excluding hydrogens is 216 g/mol. The minimum Gasteiger partial charge on any atom is -0.378 e. The van der Waals surface area contributed by atoms with E-state index in [1.165, 1.54) is 4.90 Å². The van der Waals surface area contributed by atoms with Crippen molar-refractivity contribution in [3.8, 4) is 0 Å². The van der Waals surface area contributed by atoms with Crippen LogP contribution in [-0.4, -0.2) is 31.2 Å². The molecule has 0 aliphatic carbocycles. The maximum atomic E-state index is 11.6. The van der Waals surface area contributed by atoms with Crippen LogP contribution in [0.4, 0.5) is 11.4 Å². The molecule has 0 radical (unpaired) electrons. The zero-order chi connectivity index (χ0) is 12.7. The van der Waals surface area contributed by atoms with Crippen molar-refractivity contribution in [2.24, 2.45) is 0 Å². The fourth-order valence-corrected chi connectivity index (χ4v) is 2.01. The lowest BCUT2D eigenvalue weighted by atomic mass is 10.1. The lowest BCUT2D eigenvalue weighted by Gasteiger charge is -2.24. The highest BCUT2D eigenvalue weighted by Crippen LogP contribution is 2.37. The number of likely N-dealkylation sites (N-methyl/N-ethyl adjacent to an activating group) is 1. The number of hydrogen-bond acceptors (Lipinski definition) is 3. The number of aliphatic hydroxyl groups excluding tert-OH is 1. The van der Waals surface area contributed by atoms with Crippen LogP contribution in [0.2, 0.25) is 0 Å². The largest absolute Gasteiger partial charge is 0.378 e. The van der Waals surface area contributed by atoms with Crippen LogP contribution in [0.15, 0.2) is 18.2 Å². The monoisotopic (exact) mass is 234 g/mol. The summed E-state index contributed by atoms with van der Waals surface area (Å²) < 4.78 is 0. The van der Waals surface area contributed by atoms with E-state index in [1.54, 1.807) is 7.05 Å². The number of aliphatic hydroxyl groups is 1. The summed E-state index contributed by atoms with van der Waals surface area (Å²) in [6, 6.07) is 6.11. The van der Waals surface area contributed by atoms with E-state index in [1.807, 2.05) is 25.2 Å². The number of fused-ring (bicyclic) bond motifs is 1. The first kappa shape index (κ1) is 11.9. The molecule has 2 rings (SSSR count). The predicted octanol–water partition coefficient (Wildman–Crippen LogP) is 1.54. The Morgan fingerprint density at radius 2 is 2.06 bits per heavy atom. The third-order valence-electron chi connectivity index (χ3n) is 3.42. The van der Waals surface area contributed by atoms with Crippen LogP contribution in [0.3, 0.4) is 0 Å². The van der Waals surface area contributed by atoms with Crippen LogP contribution >= 0.6 is 0 Å². The summed E-state index contributed by atoms with van der Waals surface area (Å²) in [4.78, 5) is 15.3. The van der Waals surface area contributed by atoms with Crippen molar-refractivity contribution < 1.29 is 9.90 Å². The van der Waals surface area contributed by atoms with Gasteiger partial charge in [0, 0.05) is 31.4 Å². The smallest absolute Gasteiger partial charge is 0.260 e. The Morgan fingerprint density at radius 3 is 2.65 bits per heavy atom. The number of anilines is 2. The fraction of sp³-hybridized carbons (Fsp3) is 0.462. The maximum absolute atomic E-state index is 11.6. The van der Waals surface area contributed by atoms with Gasteiger partial charge in [-0.15, -0.1) is 0 Å². The van der Waals surface area contributed by atoms with E-state index in [4.69, 9.17) is 0 Å². The lowest BCUT2D eigenvalue weighted by Crippen LogP contribution is -2.26. The Labute approximate surface area is 101 Å². The third-order valence-corrected chi connectivity index (χ3v) is 3.42. The zero-order valence-corrected chi connectivity index (χ0v) is 10.6. The van der Waals surface area contributed by atoms with Crippen LogP contribution < -0.4 is 9.80 Å². The van der Waals surface area contributed by atoms with Gasteiger partial charge in [-0.25, -0.2) is 0 Å². The molecule has 4 heteroatoms. The molecule has 1 aromatic carbocycles. The molecule has 1 unspecified atom stereocenters. The summed E-state index contributed by atoms with van der Waals surface area (Å²) in [7, 11) is 3.70. The number of benzene rings is 1. The predicted molar refractivity (Wildman–Crippen MR) is 68.4 cm³/mol. The van der Waals surface area contributed by atoms with E-state index >= 15 is 0 Å². The Balaban J connectivity index is 2.43. The average molecular weight is 234 g/mol. The molecular formula is C13H18N2O2. The third kappa shape index (κ3) is 1.78. The highest BCUT2D eigenvalue weighted by Gasteiger charge is 2.33. The first-order valence-corrected chi connectivity index (χ1v) is 5.76. The van der Waals surface area contributed by atoms with Gasteiger partial charge in [0.1, 0.15) is 0 Å². The summed E-state index contributed by atoms with van der Waals surface area (Å²) in [6.07, 6.45) is -1.01. The molecule has 0 saturated heterocycles. The standard InChI is InChI=1S/C13H18N2O2/c1-8(2)14(3)9-5-6-10-11(7-9)15(4)13(17)12(10)16/h5-8,12,16H,1-4H3. The van der Waals surface area contributed by atoms with Crippen molar-refractivity contribution in [1.29, 1.82) is 0 Å². The van der Waals surface area contributed by atoms with Crippen LogP contribution in [0, 0.1) is 0 Å². The van der Waals surface area contributed by atoms with E-state index in [2.05, 4.69) is 18.7 Å². The normalized spacial score (nSPS) is 18.8. The van der Waals surface area contributed by atoms with E-state index in [0.717, 1.165) is 11.4 Å². The molecule has 1 atom stereocenters. The Morgan fingerprint density at radius 1 is 1.41 bits per heavy atom. The van der Waals surface area contributed by atoms with Crippen molar-refractivity contribution in [1.82, 2.24) is 0 Å². The number of rotatable bonds is 2. The summed E-state index contributed by atoms with van der Waals surface area (Å²) in [5.41, 5.74) is 2.54. The molecule has 1 aliphatic rings.